The summed E-state index contributed by atoms with van der Waals surface area (Å²) in [7, 11) is 0. The standard InChI is InChI=1S/C104H92BN3S2/c1-100(2,3)71-53-70(54-72(57-71)101(4,5)6)69-46-49-83-87(56-69)107(96-78(64-34-21-17-22-35-64)61-81(103(10,11)12)98-93(96)76-41-26-29-44-91(76)109-98)89-58-73(102(7,8)9)59-90-95(89)105(83)84-50-48-74(106-85-43-28-25-40-75(85)80-55-68(47-51-86(80)106)67-39-31-38-66(52-67)63-32-19-16-20-33-63)60-88(84)108(90)97-79(65-36-23-18-24-37-65)62-82(104(13,14)15)99-94(97)77-42-27-30-45-92(77)110-99/h16-62H,1-15H3/i25D,28D,40D,43D,47D,51D,55D. The highest BCUT2D eigenvalue weighted by atomic mass is 32.1. The molecule has 0 bridgehead atoms. The van der Waals surface area contributed by atoms with Crippen molar-refractivity contribution in [2.45, 2.75) is 131 Å². The van der Waals surface area contributed by atoms with Crippen LogP contribution in [0.4, 0.5) is 34.1 Å². The van der Waals surface area contributed by atoms with E-state index in [-0.39, 0.29) is 79.2 Å². The number of thiophene rings is 2. The van der Waals surface area contributed by atoms with Gasteiger partial charge in [-0.3, -0.25) is 0 Å². The van der Waals surface area contributed by atoms with Crippen LogP contribution >= 0.6 is 22.7 Å². The molecule has 6 heteroatoms. The van der Waals surface area contributed by atoms with Crippen molar-refractivity contribution in [3.63, 3.8) is 0 Å². The minimum Gasteiger partial charge on any atom is -0.310 e. The Balaban J connectivity index is 1.01. The van der Waals surface area contributed by atoms with Crippen LogP contribution in [0.5, 0.6) is 0 Å². The van der Waals surface area contributed by atoms with Gasteiger partial charge in [-0.15, -0.1) is 22.7 Å². The number of fused-ring (bicyclic) bond motifs is 13. The van der Waals surface area contributed by atoms with E-state index in [4.69, 9.17) is 0 Å². The summed E-state index contributed by atoms with van der Waals surface area (Å²) in [5, 5.41) is 4.90. The largest absolute Gasteiger partial charge is 0.310 e. The Labute approximate surface area is 666 Å². The quantitative estimate of drug-likeness (QED) is 0.141. The number of hydrogen-bond acceptors (Lipinski definition) is 4. The number of aromatic nitrogens is 1. The van der Waals surface area contributed by atoms with Gasteiger partial charge in [0.1, 0.15) is 0 Å². The Morgan fingerprint density at radius 1 is 0.318 bits per heavy atom. The molecule has 14 aromatic carbocycles. The van der Waals surface area contributed by atoms with Crippen molar-refractivity contribution in [3.8, 4) is 61.3 Å². The number of benzene rings is 14. The molecule has 0 saturated carbocycles. The number of hydrogen-bond donors (Lipinski definition) is 0. The van der Waals surface area contributed by atoms with Crippen LogP contribution < -0.4 is 26.2 Å². The van der Waals surface area contributed by atoms with Gasteiger partial charge in [0.15, 0.2) is 0 Å². The van der Waals surface area contributed by atoms with Crippen LogP contribution in [0.15, 0.2) is 285 Å². The average Bonchev–Trinajstić information content (AvgIpc) is 1.68. The first-order chi connectivity index (χ1) is 55.6. The van der Waals surface area contributed by atoms with Crippen LogP contribution in [-0.2, 0) is 27.1 Å². The molecule has 17 aromatic rings. The van der Waals surface area contributed by atoms with Gasteiger partial charge in [-0.1, -0.05) is 310 Å². The van der Waals surface area contributed by atoms with E-state index in [1.165, 1.54) is 47.1 Å². The number of nitrogens with zero attached hydrogens (tertiary/aromatic N) is 3. The second-order valence-corrected chi connectivity index (χ2v) is 37.7. The lowest BCUT2D eigenvalue weighted by Gasteiger charge is -2.46. The van der Waals surface area contributed by atoms with Crippen LogP contribution in [0, 0.1) is 0 Å². The first-order valence-electron chi connectivity index (χ1n) is 42.2. The van der Waals surface area contributed by atoms with E-state index in [2.05, 4.69) is 302 Å². The van der Waals surface area contributed by atoms with Crippen LogP contribution in [0.2, 0.25) is 0 Å². The van der Waals surface area contributed by atoms with Crippen LogP contribution in [-0.4, -0.2) is 11.3 Å². The van der Waals surface area contributed by atoms with Crippen molar-refractivity contribution in [1.82, 2.24) is 4.57 Å². The number of rotatable bonds is 8. The zero-order chi connectivity index (χ0) is 81.9. The molecule has 0 saturated heterocycles. The smallest absolute Gasteiger partial charge is 0.252 e. The van der Waals surface area contributed by atoms with Crippen LogP contribution in [0.1, 0.15) is 141 Å². The fraction of sp³-hybridized carbons (Fsp3) is 0.192. The molecule has 2 aliphatic heterocycles. The summed E-state index contributed by atoms with van der Waals surface area (Å²) in [5.74, 6) is 0. The molecule has 0 aliphatic carbocycles. The topological polar surface area (TPSA) is 11.4 Å². The lowest BCUT2D eigenvalue weighted by molar-refractivity contribution is 0.569. The molecule has 538 valence electrons. The van der Waals surface area contributed by atoms with E-state index in [1.807, 2.05) is 77.3 Å². The van der Waals surface area contributed by atoms with Gasteiger partial charge < -0.3 is 14.4 Å². The van der Waals surface area contributed by atoms with Crippen molar-refractivity contribution in [1.29, 1.82) is 0 Å². The molecule has 19 rings (SSSR count). The van der Waals surface area contributed by atoms with Gasteiger partial charge in [-0.05, 0) is 195 Å². The molecule has 0 fully saturated rings. The third-order valence-corrected chi connectivity index (χ3v) is 25.5. The van der Waals surface area contributed by atoms with Crippen molar-refractivity contribution in [3.05, 3.63) is 313 Å². The maximum absolute atomic E-state index is 10.6. The minimum absolute atomic E-state index is 0.0994. The lowest BCUT2D eigenvalue weighted by atomic mass is 9.33. The lowest BCUT2D eigenvalue weighted by Crippen LogP contribution is -2.61. The number of para-hydroxylation sites is 1. The molecule has 3 nitrogen and oxygen atoms in total. The number of anilines is 6. The van der Waals surface area contributed by atoms with E-state index < -0.39 is 24.2 Å². The van der Waals surface area contributed by atoms with Crippen molar-refractivity contribution in [2.75, 3.05) is 9.80 Å². The van der Waals surface area contributed by atoms with Crippen molar-refractivity contribution < 1.29 is 9.60 Å². The van der Waals surface area contributed by atoms with E-state index in [0.717, 1.165) is 116 Å². The Morgan fingerprint density at radius 2 is 0.764 bits per heavy atom. The third-order valence-electron chi connectivity index (χ3n) is 23.1. The maximum Gasteiger partial charge on any atom is 0.252 e. The van der Waals surface area contributed by atoms with E-state index in [1.54, 1.807) is 4.57 Å². The normalized spacial score (nSPS) is 14.2. The summed E-state index contributed by atoms with van der Waals surface area (Å²) < 4.78 is 77.1. The van der Waals surface area contributed by atoms with Gasteiger partial charge in [-0.25, -0.2) is 0 Å². The second kappa shape index (κ2) is 25.3. The summed E-state index contributed by atoms with van der Waals surface area (Å²) in [6.07, 6.45) is 0. The SMILES string of the molecule is [2H]c1c([2H])c([2H])c2c(c1[2H])c1c([2H])c(-c3cccc(-c4ccccc4)c3)c([2H])c([2H])c1n2-c1ccc2c(c1)N(c1c(-c3ccccc3)cc(C(C)(C)C)c3sc4ccccc4c13)c1cc(C(C)(C)C)cc3c1B2c1ccc(-c2cc(C(C)(C)C)cc(C(C)(C)C)c2)cc1N3c1c(-c2ccccc2)cc(C(C)(C)C)c2sc3ccccc3c12. The molecule has 3 aromatic heterocycles. The van der Waals surface area contributed by atoms with Crippen LogP contribution in [0.3, 0.4) is 0 Å². The molecule has 0 N–H and O–H groups in total. The van der Waals surface area contributed by atoms with Gasteiger partial charge >= 0.3 is 0 Å². The molecule has 0 amide bonds. The fourth-order valence-corrected chi connectivity index (χ4v) is 20.2. The first kappa shape index (κ1) is 61.8. The maximum atomic E-state index is 10.6. The van der Waals surface area contributed by atoms with E-state index >= 15 is 0 Å². The van der Waals surface area contributed by atoms with Gasteiger partial charge in [0.25, 0.3) is 6.71 Å². The van der Waals surface area contributed by atoms with Gasteiger partial charge in [0.05, 0.1) is 32.0 Å². The van der Waals surface area contributed by atoms with Gasteiger partial charge in [0, 0.05) is 90.7 Å². The molecule has 110 heavy (non-hydrogen) atoms. The average molecular weight is 1470 g/mol. The van der Waals surface area contributed by atoms with Gasteiger partial charge in [-0.2, -0.15) is 0 Å². The summed E-state index contributed by atoms with van der Waals surface area (Å²) >= 11 is 3.71. The summed E-state index contributed by atoms with van der Waals surface area (Å²) in [4.78, 5) is 5.25. The Morgan fingerprint density at radius 3 is 1.29 bits per heavy atom. The Bertz CT molecular complexity index is 7030. The van der Waals surface area contributed by atoms with E-state index in [0.29, 0.717) is 11.3 Å². The Hall–Kier alpha value is -11.0. The zero-order valence-electron chi connectivity index (χ0n) is 72.3. The highest BCUT2D eigenvalue weighted by Crippen LogP contribution is 2.59. The summed E-state index contributed by atoms with van der Waals surface area (Å²) in [6, 6.07) is 86.4. The molecule has 0 spiro atoms. The summed E-state index contributed by atoms with van der Waals surface area (Å²) in [6.45, 7) is 34.4. The molecule has 5 heterocycles. The molecular weight excluding hydrogens is 1370 g/mol. The first-order valence-corrected chi connectivity index (χ1v) is 40.3. The monoisotopic (exact) mass is 1460 g/mol. The van der Waals surface area contributed by atoms with Gasteiger partial charge in [0.2, 0.25) is 0 Å². The highest BCUT2D eigenvalue weighted by molar-refractivity contribution is 7.26. The second-order valence-electron chi connectivity index (χ2n) is 35.6. The van der Waals surface area contributed by atoms with Crippen LogP contribution in [0.25, 0.3) is 123 Å². The highest BCUT2D eigenvalue weighted by Gasteiger charge is 2.47. The van der Waals surface area contributed by atoms with Crippen molar-refractivity contribution >= 4 is 142 Å². The Kier molecular flexibility index (Phi) is 14.2. The molecule has 0 unspecified atom stereocenters. The fourth-order valence-electron chi connectivity index (χ4n) is 17.3. The zero-order valence-corrected chi connectivity index (χ0v) is 67.0. The predicted molar refractivity (Wildman–Crippen MR) is 481 cm³/mol. The molecule has 2 aliphatic rings. The molecular formula is C104H92BN3S2. The van der Waals surface area contributed by atoms with Crippen molar-refractivity contribution in [2.24, 2.45) is 0 Å². The predicted octanol–water partition coefficient (Wildman–Crippen LogP) is 28.4. The minimum atomic E-state index is -0.467. The molecule has 0 radical (unpaired) electrons. The third kappa shape index (κ3) is 11.3. The molecule has 0 atom stereocenters. The summed E-state index contributed by atoms with van der Waals surface area (Å²) in [5.41, 5.74) is 23.8. The van der Waals surface area contributed by atoms with E-state index in [9.17, 15) is 9.60 Å².